The Morgan fingerprint density at radius 1 is 1.25 bits per heavy atom. The molecule has 0 radical (unpaired) electrons. The average molecular weight is 318 g/mol. The van der Waals surface area contributed by atoms with Gasteiger partial charge >= 0.3 is 0 Å². The van der Waals surface area contributed by atoms with Crippen LogP contribution in [0.4, 0.5) is 5.69 Å². The van der Waals surface area contributed by atoms with Gasteiger partial charge in [0.15, 0.2) is 0 Å². The second kappa shape index (κ2) is 6.17. The number of carbonyl (C=O) groups is 1. The first-order valence-electron chi connectivity index (χ1n) is 7.79. The molecule has 0 aliphatic heterocycles. The molecule has 1 N–H and O–H groups in total. The van der Waals surface area contributed by atoms with Crippen LogP contribution >= 0.6 is 0 Å². The molecule has 0 atom stereocenters. The number of nitriles is 1. The summed E-state index contributed by atoms with van der Waals surface area (Å²) in [6.07, 6.45) is 0. The first-order chi connectivity index (χ1) is 11.5. The van der Waals surface area contributed by atoms with Crippen molar-refractivity contribution in [1.82, 2.24) is 9.55 Å². The van der Waals surface area contributed by atoms with Gasteiger partial charge in [-0.1, -0.05) is 6.07 Å². The van der Waals surface area contributed by atoms with E-state index < -0.39 is 0 Å². The van der Waals surface area contributed by atoms with Gasteiger partial charge < -0.3 is 9.88 Å². The van der Waals surface area contributed by atoms with Crippen molar-refractivity contribution in [2.45, 2.75) is 26.8 Å². The number of carbonyl (C=O) groups excluding carboxylic acids is 1. The minimum atomic E-state index is -0.219. The van der Waals surface area contributed by atoms with Crippen LogP contribution in [-0.2, 0) is 0 Å². The molecule has 24 heavy (non-hydrogen) atoms. The number of nitrogens with zero attached hydrogens (tertiary/aromatic N) is 3. The van der Waals surface area contributed by atoms with Crippen LogP contribution in [0.5, 0.6) is 0 Å². The summed E-state index contributed by atoms with van der Waals surface area (Å²) in [5.41, 5.74) is 3.47. The number of amides is 1. The Balaban J connectivity index is 1.92. The Kier molecular flexibility index (Phi) is 4.05. The Hall–Kier alpha value is -3.13. The molecule has 0 spiro atoms. The van der Waals surface area contributed by atoms with Gasteiger partial charge in [-0.2, -0.15) is 5.26 Å². The molecule has 1 aromatic heterocycles. The highest BCUT2D eigenvalue weighted by atomic mass is 16.1. The molecule has 2 aromatic carbocycles. The molecule has 0 saturated carbocycles. The van der Waals surface area contributed by atoms with E-state index in [9.17, 15) is 4.79 Å². The predicted octanol–water partition coefficient (Wildman–Crippen LogP) is 4.05. The monoisotopic (exact) mass is 318 g/mol. The fraction of sp³-hybridized carbons (Fsp3) is 0.211. The van der Waals surface area contributed by atoms with Crippen LogP contribution in [0, 0.1) is 18.3 Å². The maximum absolute atomic E-state index is 12.5. The Morgan fingerprint density at radius 3 is 2.75 bits per heavy atom. The van der Waals surface area contributed by atoms with Crippen LogP contribution in [0.15, 0.2) is 42.5 Å². The van der Waals surface area contributed by atoms with E-state index in [1.807, 2.05) is 13.0 Å². The van der Waals surface area contributed by atoms with Crippen molar-refractivity contribution in [2.75, 3.05) is 5.32 Å². The molecule has 0 unspecified atom stereocenters. The number of aryl methyl sites for hydroxylation is 1. The number of benzene rings is 2. The van der Waals surface area contributed by atoms with E-state index in [0.717, 1.165) is 16.9 Å². The van der Waals surface area contributed by atoms with Gasteiger partial charge in [-0.25, -0.2) is 4.98 Å². The molecule has 1 amide bonds. The second-order valence-corrected chi connectivity index (χ2v) is 5.97. The van der Waals surface area contributed by atoms with Gasteiger partial charge in [0, 0.05) is 17.3 Å². The zero-order chi connectivity index (χ0) is 17.3. The standard InChI is InChI=1S/C19H18N4O/c1-12(2)23-13(3)21-17-10-15(7-8-18(17)23)19(24)22-16-6-4-5-14(9-16)11-20/h4-10,12H,1-3H3,(H,22,24). The average Bonchev–Trinajstić information content (AvgIpc) is 2.89. The molecule has 0 bridgehead atoms. The molecule has 0 aliphatic carbocycles. The molecule has 5 nitrogen and oxygen atoms in total. The normalized spacial score (nSPS) is 10.8. The summed E-state index contributed by atoms with van der Waals surface area (Å²) in [5, 5.41) is 11.7. The van der Waals surface area contributed by atoms with E-state index in [1.165, 1.54) is 0 Å². The largest absolute Gasteiger partial charge is 0.326 e. The summed E-state index contributed by atoms with van der Waals surface area (Å²) in [5.74, 6) is 0.711. The molecule has 3 rings (SSSR count). The highest BCUT2D eigenvalue weighted by molar-refractivity contribution is 6.06. The number of imidazole rings is 1. The minimum Gasteiger partial charge on any atom is -0.326 e. The lowest BCUT2D eigenvalue weighted by Crippen LogP contribution is -2.12. The van der Waals surface area contributed by atoms with E-state index in [1.54, 1.807) is 36.4 Å². The van der Waals surface area contributed by atoms with Crippen molar-refractivity contribution < 1.29 is 4.79 Å². The predicted molar refractivity (Wildman–Crippen MR) is 94.0 cm³/mol. The third kappa shape index (κ3) is 2.86. The quantitative estimate of drug-likeness (QED) is 0.792. The zero-order valence-corrected chi connectivity index (χ0v) is 13.9. The minimum absolute atomic E-state index is 0.219. The van der Waals surface area contributed by atoms with Crippen molar-refractivity contribution >= 4 is 22.6 Å². The van der Waals surface area contributed by atoms with Gasteiger partial charge in [0.05, 0.1) is 22.7 Å². The number of anilines is 1. The fourth-order valence-corrected chi connectivity index (χ4v) is 2.88. The summed E-state index contributed by atoms with van der Waals surface area (Å²) >= 11 is 0. The van der Waals surface area contributed by atoms with Crippen LogP contribution in [0.25, 0.3) is 11.0 Å². The second-order valence-electron chi connectivity index (χ2n) is 5.97. The number of nitrogens with one attached hydrogen (secondary N) is 1. The number of aromatic nitrogens is 2. The lowest BCUT2D eigenvalue weighted by Gasteiger charge is -2.11. The lowest BCUT2D eigenvalue weighted by atomic mass is 10.1. The molecule has 0 saturated heterocycles. The lowest BCUT2D eigenvalue weighted by molar-refractivity contribution is 0.102. The third-order valence-electron chi connectivity index (χ3n) is 3.89. The van der Waals surface area contributed by atoms with Gasteiger partial charge in [-0.05, 0) is 57.2 Å². The van der Waals surface area contributed by atoms with E-state index in [0.29, 0.717) is 22.9 Å². The van der Waals surface area contributed by atoms with Crippen LogP contribution in [-0.4, -0.2) is 15.5 Å². The molecular weight excluding hydrogens is 300 g/mol. The van der Waals surface area contributed by atoms with Crippen molar-refractivity contribution in [1.29, 1.82) is 5.26 Å². The highest BCUT2D eigenvalue weighted by Gasteiger charge is 2.13. The Bertz CT molecular complexity index is 963. The van der Waals surface area contributed by atoms with Gasteiger partial charge in [-0.3, -0.25) is 4.79 Å². The SMILES string of the molecule is Cc1nc2cc(C(=O)Nc3cccc(C#N)c3)ccc2n1C(C)C. The first kappa shape index (κ1) is 15.8. The number of hydrogen-bond donors (Lipinski definition) is 1. The Morgan fingerprint density at radius 2 is 2.04 bits per heavy atom. The summed E-state index contributed by atoms with van der Waals surface area (Å²) in [6.45, 7) is 6.18. The van der Waals surface area contributed by atoms with E-state index in [4.69, 9.17) is 5.26 Å². The number of hydrogen-bond acceptors (Lipinski definition) is 3. The van der Waals surface area contributed by atoms with Crippen LogP contribution in [0.3, 0.4) is 0 Å². The summed E-state index contributed by atoms with van der Waals surface area (Å²) in [7, 11) is 0. The van der Waals surface area contributed by atoms with Crippen molar-refractivity contribution in [3.05, 3.63) is 59.4 Å². The summed E-state index contributed by atoms with van der Waals surface area (Å²) < 4.78 is 2.15. The van der Waals surface area contributed by atoms with Gasteiger partial charge in [-0.15, -0.1) is 0 Å². The van der Waals surface area contributed by atoms with Crippen LogP contribution < -0.4 is 5.32 Å². The van der Waals surface area contributed by atoms with Crippen molar-refractivity contribution in [3.8, 4) is 6.07 Å². The van der Waals surface area contributed by atoms with Gasteiger partial charge in [0.25, 0.3) is 5.91 Å². The smallest absolute Gasteiger partial charge is 0.255 e. The number of rotatable bonds is 3. The molecule has 0 aliphatic rings. The van der Waals surface area contributed by atoms with Gasteiger partial charge in [0.1, 0.15) is 5.82 Å². The molecule has 5 heteroatoms. The molecule has 120 valence electrons. The molecule has 3 aromatic rings. The Labute approximate surface area is 140 Å². The van der Waals surface area contributed by atoms with Crippen molar-refractivity contribution in [2.24, 2.45) is 0 Å². The maximum atomic E-state index is 12.5. The van der Waals surface area contributed by atoms with Crippen molar-refractivity contribution in [3.63, 3.8) is 0 Å². The fourth-order valence-electron chi connectivity index (χ4n) is 2.88. The van der Waals surface area contributed by atoms with Crippen LogP contribution in [0.2, 0.25) is 0 Å². The van der Waals surface area contributed by atoms with Crippen LogP contribution in [0.1, 0.15) is 41.6 Å². The third-order valence-corrected chi connectivity index (χ3v) is 3.89. The number of fused-ring (bicyclic) bond motifs is 1. The highest BCUT2D eigenvalue weighted by Crippen LogP contribution is 2.22. The molecule has 1 heterocycles. The molecular formula is C19H18N4O. The van der Waals surface area contributed by atoms with Gasteiger partial charge in [0.2, 0.25) is 0 Å². The summed E-state index contributed by atoms with van der Waals surface area (Å²) in [6, 6.07) is 14.7. The maximum Gasteiger partial charge on any atom is 0.255 e. The molecule has 0 fully saturated rings. The first-order valence-corrected chi connectivity index (χ1v) is 7.79. The zero-order valence-electron chi connectivity index (χ0n) is 13.9. The van der Waals surface area contributed by atoms with E-state index in [-0.39, 0.29) is 5.91 Å². The topological polar surface area (TPSA) is 70.7 Å². The van der Waals surface area contributed by atoms with E-state index in [2.05, 4.69) is 34.8 Å². The summed E-state index contributed by atoms with van der Waals surface area (Å²) in [4.78, 5) is 17.0. The van der Waals surface area contributed by atoms with E-state index >= 15 is 0 Å².